The molecule has 5 nitrogen and oxygen atoms in total. The molecule has 108 valence electrons. The summed E-state index contributed by atoms with van der Waals surface area (Å²) in [7, 11) is 0. The Morgan fingerprint density at radius 2 is 2.14 bits per heavy atom. The van der Waals surface area contributed by atoms with Crippen molar-refractivity contribution in [1.82, 2.24) is 4.98 Å². The number of carbonyl (C=O) groups is 2. The molecule has 6 heteroatoms. The van der Waals surface area contributed by atoms with Crippen LogP contribution in [0.2, 0.25) is 0 Å². The molecule has 1 aromatic heterocycles. The monoisotopic (exact) mass is 303 g/mol. The van der Waals surface area contributed by atoms with Gasteiger partial charge in [-0.2, -0.15) is 0 Å². The second-order valence-electron chi connectivity index (χ2n) is 4.63. The predicted octanol–water partition coefficient (Wildman–Crippen LogP) is 2.59. The van der Waals surface area contributed by atoms with Crippen LogP contribution in [-0.2, 0) is 14.3 Å². The van der Waals surface area contributed by atoms with Gasteiger partial charge < -0.3 is 9.47 Å². The van der Waals surface area contributed by atoms with Crippen LogP contribution >= 0.6 is 11.3 Å². The first-order valence-corrected chi connectivity index (χ1v) is 7.37. The van der Waals surface area contributed by atoms with Crippen LogP contribution in [0.4, 0.5) is 0 Å². The second-order valence-corrected chi connectivity index (χ2v) is 5.83. The molecule has 2 heterocycles. The molecule has 1 aliphatic rings. The molecule has 0 amide bonds. The van der Waals surface area contributed by atoms with Gasteiger partial charge in [0.25, 0.3) is 0 Å². The molecule has 1 aliphatic heterocycles. The van der Waals surface area contributed by atoms with E-state index in [2.05, 4.69) is 4.98 Å². The van der Waals surface area contributed by atoms with Crippen molar-refractivity contribution in [2.75, 3.05) is 6.61 Å². The lowest BCUT2D eigenvalue weighted by atomic mass is 10.1. The molecule has 0 N–H and O–H groups in total. The third-order valence-electron chi connectivity index (χ3n) is 3.10. The Labute approximate surface area is 125 Å². The van der Waals surface area contributed by atoms with Crippen LogP contribution in [0.5, 0.6) is 0 Å². The normalized spacial score (nSPS) is 17.6. The minimum Gasteiger partial charge on any atom is -0.463 e. The summed E-state index contributed by atoms with van der Waals surface area (Å²) in [6.45, 7) is 2.13. The van der Waals surface area contributed by atoms with Gasteiger partial charge in [-0.3, -0.25) is 0 Å². The van der Waals surface area contributed by atoms with Gasteiger partial charge in [0.15, 0.2) is 0 Å². The van der Waals surface area contributed by atoms with E-state index >= 15 is 0 Å². The van der Waals surface area contributed by atoms with Crippen LogP contribution in [0.1, 0.15) is 21.1 Å². The summed E-state index contributed by atoms with van der Waals surface area (Å²) in [5.74, 6) is -1.01. The Morgan fingerprint density at radius 1 is 1.38 bits per heavy atom. The number of benzene rings is 1. The van der Waals surface area contributed by atoms with Gasteiger partial charge in [-0.1, -0.05) is 30.3 Å². The maximum atomic E-state index is 12.3. The van der Waals surface area contributed by atoms with Gasteiger partial charge in [-0.25, -0.2) is 14.6 Å². The second kappa shape index (κ2) is 5.65. The Morgan fingerprint density at radius 3 is 2.81 bits per heavy atom. The molecule has 0 saturated carbocycles. The van der Waals surface area contributed by atoms with Crippen molar-refractivity contribution >= 4 is 23.3 Å². The Kier molecular flexibility index (Phi) is 3.70. The number of rotatable bonds is 3. The molecular weight excluding hydrogens is 290 g/mol. The fourth-order valence-corrected chi connectivity index (χ4v) is 2.95. The van der Waals surface area contributed by atoms with Gasteiger partial charge in [0.1, 0.15) is 4.88 Å². The van der Waals surface area contributed by atoms with Gasteiger partial charge >= 0.3 is 11.9 Å². The van der Waals surface area contributed by atoms with Gasteiger partial charge in [-0.05, 0) is 6.92 Å². The molecule has 0 unspecified atom stereocenters. The number of ether oxygens (including phenoxy) is 2. The van der Waals surface area contributed by atoms with E-state index in [-0.39, 0.29) is 0 Å². The van der Waals surface area contributed by atoms with E-state index < -0.39 is 18.0 Å². The van der Waals surface area contributed by atoms with E-state index in [0.29, 0.717) is 23.6 Å². The summed E-state index contributed by atoms with van der Waals surface area (Å²) in [4.78, 5) is 28.5. The largest absolute Gasteiger partial charge is 0.463 e. The van der Waals surface area contributed by atoms with Crippen molar-refractivity contribution in [3.63, 3.8) is 0 Å². The van der Waals surface area contributed by atoms with Crippen molar-refractivity contribution < 1.29 is 19.1 Å². The van der Waals surface area contributed by atoms with E-state index in [1.165, 1.54) is 11.3 Å². The smallest absolute Gasteiger partial charge is 0.351 e. The van der Waals surface area contributed by atoms with Crippen molar-refractivity contribution in [2.24, 2.45) is 0 Å². The van der Waals surface area contributed by atoms with Gasteiger partial charge in [0, 0.05) is 12.0 Å². The summed E-state index contributed by atoms with van der Waals surface area (Å²) >= 11 is 1.26. The number of aryl methyl sites for hydroxylation is 1. The number of esters is 2. The number of hydrogen-bond donors (Lipinski definition) is 0. The van der Waals surface area contributed by atoms with E-state index in [1.54, 1.807) is 0 Å². The number of nitrogens with zero attached hydrogens (tertiary/aromatic N) is 1. The van der Waals surface area contributed by atoms with Crippen molar-refractivity contribution in [2.45, 2.75) is 19.4 Å². The summed E-state index contributed by atoms with van der Waals surface area (Å²) in [6, 6.07) is 9.43. The lowest BCUT2D eigenvalue weighted by molar-refractivity contribution is -0.145. The van der Waals surface area contributed by atoms with Crippen molar-refractivity contribution in [1.29, 1.82) is 0 Å². The maximum absolute atomic E-state index is 12.3. The summed E-state index contributed by atoms with van der Waals surface area (Å²) < 4.78 is 10.0. The Bertz CT molecular complexity index is 680. The quantitative estimate of drug-likeness (QED) is 0.815. The lowest BCUT2D eigenvalue weighted by Gasteiger charge is -2.08. The molecule has 1 atom stereocenters. The average molecular weight is 303 g/mol. The summed E-state index contributed by atoms with van der Waals surface area (Å²) in [5.41, 5.74) is 1.44. The van der Waals surface area contributed by atoms with Crippen molar-refractivity contribution in [3.8, 4) is 11.3 Å². The zero-order chi connectivity index (χ0) is 14.8. The third-order valence-corrected chi connectivity index (χ3v) is 4.05. The van der Waals surface area contributed by atoms with E-state index in [0.717, 1.165) is 10.6 Å². The van der Waals surface area contributed by atoms with E-state index in [4.69, 9.17) is 9.47 Å². The predicted molar refractivity (Wildman–Crippen MR) is 77.1 cm³/mol. The molecule has 0 radical (unpaired) electrons. The highest BCUT2D eigenvalue weighted by molar-refractivity contribution is 7.14. The third kappa shape index (κ3) is 2.80. The highest BCUT2D eigenvalue weighted by atomic mass is 32.1. The standard InChI is InChI=1S/C15H13NO4S/c1-9-16-12(10-5-3-2-4-6-10)13(21-9)15(18)20-11-7-8-19-14(11)17/h2-6,11H,7-8H2,1H3/t11-/m1/s1. The Hall–Kier alpha value is -2.21. The number of thiazole rings is 1. The van der Waals surface area contributed by atoms with Crippen LogP contribution < -0.4 is 0 Å². The van der Waals surface area contributed by atoms with Crippen LogP contribution in [-0.4, -0.2) is 29.6 Å². The molecular formula is C15H13NO4S. The summed E-state index contributed by atoms with van der Waals surface area (Å²) in [6.07, 6.45) is -0.397. The van der Waals surface area contributed by atoms with Crippen LogP contribution in [0.25, 0.3) is 11.3 Å². The zero-order valence-electron chi connectivity index (χ0n) is 11.4. The van der Waals surface area contributed by atoms with E-state index in [9.17, 15) is 9.59 Å². The molecule has 21 heavy (non-hydrogen) atoms. The average Bonchev–Trinajstić information content (AvgIpc) is 3.06. The Balaban J connectivity index is 1.88. The number of hydrogen-bond acceptors (Lipinski definition) is 6. The minimum absolute atomic E-state index is 0.296. The molecule has 0 bridgehead atoms. The SMILES string of the molecule is Cc1nc(-c2ccccc2)c(C(=O)O[C@@H]2CCOC2=O)s1. The lowest BCUT2D eigenvalue weighted by Crippen LogP contribution is -2.22. The van der Waals surface area contributed by atoms with Crippen LogP contribution in [0.15, 0.2) is 30.3 Å². The number of cyclic esters (lactones) is 1. The molecule has 1 fully saturated rings. The molecule has 3 rings (SSSR count). The van der Waals surface area contributed by atoms with Gasteiger partial charge in [-0.15, -0.1) is 11.3 Å². The number of carbonyl (C=O) groups excluding carboxylic acids is 2. The first kappa shape index (κ1) is 13.8. The molecule has 0 spiro atoms. The molecule has 1 aromatic carbocycles. The fourth-order valence-electron chi connectivity index (χ4n) is 2.12. The molecule has 1 saturated heterocycles. The highest BCUT2D eigenvalue weighted by Gasteiger charge is 2.32. The first-order chi connectivity index (χ1) is 10.1. The molecule has 0 aliphatic carbocycles. The topological polar surface area (TPSA) is 65.5 Å². The fraction of sp³-hybridized carbons (Fsp3) is 0.267. The zero-order valence-corrected chi connectivity index (χ0v) is 12.2. The summed E-state index contributed by atoms with van der Waals surface area (Å²) in [5, 5.41) is 0.773. The number of aromatic nitrogens is 1. The maximum Gasteiger partial charge on any atom is 0.351 e. The van der Waals surface area contributed by atoms with Gasteiger partial charge in [0.2, 0.25) is 6.10 Å². The van der Waals surface area contributed by atoms with Gasteiger partial charge in [0.05, 0.1) is 17.3 Å². The van der Waals surface area contributed by atoms with Crippen molar-refractivity contribution in [3.05, 3.63) is 40.2 Å². The minimum atomic E-state index is -0.802. The first-order valence-electron chi connectivity index (χ1n) is 6.55. The highest BCUT2D eigenvalue weighted by Crippen LogP contribution is 2.29. The van der Waals surface area contributed by atoms with E-state index in [1.807, 2.05) is 37.3 Å². The molecule has 2 aromatic rings. The van der Waals surface area contributed by atoms with Crippen LogP contribution in [0.3, 0.4) is 0 Å². The van der Waals surface area contributed by atoms with Crippen LogP contribution in [0, 0.1) is 6.92 Å².